The molecule has 3 N–H and O–H groups in total. The molecule has 1 aliphatic heterocycles. The van der Waals surface area contributed by atoms with E-state index in [2.05, 4.69) is 59.0 Å². The molecule has 1 fully saturated rings. The highest BCUT2D eigenvalue weighted by atomic mass is 127. The Morgan fingerprint density at radius 1 is 1.12 bits per heavy atom. The number of hydrogen-bond donors (Lipinski definition) is 3. The topological polar surface area (TPSA) is 68.8 Å². The van der Waals surface area contributed by atoms with Crippen LogP contribution in [0.15, 0.2) is 53.5 Å². The lowest BCUT2D eigenvalue weighted by molar-refractivity contribution is 0.0963. The van der Waals surface area contributed by atoms with Gasteiger partial charge in [-0.1, -0.05) is 24.3 Å². The Labute approximate surface area is 209 Å². The van der Waals surface area contributed by atoms with Crippen molar-refractivity contribution in [2.45, 2.75) is 39.2 Å². The van der Waals surface area contributed by atoms with Crippen LogP contribution in [0.2, 0.25) is 0 Å². The van der Waals surface area contributed by atoms with Crippen molar-refractivity contribution < 1.29 is 4.79 Å². The summed E-state index contributed by atoms with van der Waals surface area (Å²) in [4.78, 5) is 19.0. The summed E-state index contributed by atoms with van der Waals surface area (Å²) in [5, 5.41) is 9.54. The second-order valence-corrected chi connectivity index (χ2v) is 7.95. The Morgan fingerprint density at radius 3 is 2.59 bits per heavy atom. The van der Waals surface area contributed by atoms with E-state index in [9.17, 15) is 4.79 Å². The second-order valence-electron chi connectivity index (χ2n) is 7.95. The first-order valence-electron chi connectivity index (χ1n) is 11.3. The lowest BCUT2D eigenvalue weighted by Crippen LogP contribution is -2.39. The summed E-state index contributed by atoms with van der Waals surface area (Å²) in [6, 6.07) is 16.7. The van der Waals surface area contributed by atoms with Crippen LogP contribution in [0.1, 0.15) is 54.2 Å². The summed E-state index contributed by atoms with van der Waals surface area (Å²) in [5.41, 5.74) is 4.35. The molecule has 0 aliphatic carbocycles. The number of halogens is 1. The first-order chi connectivity index (χ1) is 15.1. The van der Waals surface area contributed by atoms with Crippen LogP contribution in [0, 0.1) is 0 Å². The maximum Gasteiger partial charge on any atom is 0.251 e. The van der Waals surface area contributed by atoms with Crippen molar-refractivity contribution in [1.29, 1.82) is 0 Å². The SMILES string of the molecule is CCNC(=NCCc1cccc(C(=O)NC)c1)NC(C)c1cccc(N2CCCC2)c1.I. The van der Waals surface area contributed by atoms with Gasteiger partial charge in [-0.15, -0.1) is 24.0 Å². The van der Waals surface area contributed by atoms with Crippen molar-refractivity contribution in [3.63, 3.8) is 0 Å². The summed E-state index contributed by atoms with van der Waals surface area (Å²) in [6.07, 6.45) is 3.34. The van der Waals surface area contributed by atoms with Crippen LogP contribution in [0.4, 0.5) is 5.69 Å². The molecule has 2 aromatic carbocycles. The zero-order valence-corrected chi connectivity index (χ0v) is 21.7. The number of nitrogens with zero attached hydrogens (tertiary/aromatic N) is 2. The van der Waals surface area contributed by atoms with Crippen LogP contribution in [-0.2, 0) is 6.42 Å². The Kier molecular flexibility index (Phi) is 10.8. The maximum atomic E-state index is 11.8. The van der Waals surface area contributed by atoms with E-state index in [1.54, 1.807) is 7.05 Å². The molecule has 1 saturated heterocycles. The van der Waals surface area contributed by atoms with Crippen molar-refractivity contribution in [3.8, 4) is 0 Å². The van der Waals surface area contributed by atoms with Crippen molar-refractivity contribution in [3.05, 3.63) is 65.2 Å². The van der Waals surface area contributed by atoms with Gasteiger partial charge in [0.1, 0.15) is 0 Å². The normalized spacial score (nSPS) is 14.5. The quantitative estimate of drug-likeness (QED) is 0.263. The number of aliphatic imine (C=N–C) groups is 1. The number of carbonyl (C=O) groups is 1. The van der Waals surface area contributed by atoms with Crippen LogP contribution in [0.25, 0.3) is 0 Å². The van der Waals surface area contributed by atoms with E-state index in [0.29, 0.717) is 12.1 Å². The third-order valence-electron chi connectivity index (χ3n) is 5.63. The molecule has 1 heterocycles. The number of anilines is 1. The number of carbonyl (C=O) groups excluding carboxylic acids is 1. The second kappa shape index (κ2) is 13.3. The van der Waals surface area contributed by atoms with Gasteiger partial charge in [-0.2, -0.15) is 0 Å². The van der Waals surface area contributed by atoms with Gasteiger partial charge >= 0.3 is 0 Å². The molecule has 0 bridgehead atoms. The smallest absolute Gasteiger partial charge is 0.251 e. The van der Waals surface area contributed by atoms with Gasteiger partial charge in [0.25, 0.3) is 5.91 Å². The van der Waals surface area contributed by atoms with Crippen LogP contribution < -0.4 is 20.9 Å². The van der Waals surface area contributed by atoms with Gasteiger partial charge in [0.15, 0.2) is 5.96 Å². The predicted molar refractivity (Wildman–Crippen MR) is 144 cm³/mol. The number of guanidine groups is 1. The number of hydrogen-bond acceptors (Lipinski definition) is 3. The zero-order valence-electron chi connectivity index (χ0n) is 19.4. The fourth-order valence-corrected chi connectivity index (χ4v) is 3.88. The Bertz CT molecular complexity index is 895. The molecule has 174 valence electrons. The summed E-state index contributed by atoms with van der Waals surface area (Å²) in [5.74, 6) is 0.745. The van der Waals surface area contributed by atoms with E-state index < -0.39 is 0 Å². The average molecular weight is 550 g/mol. The van der Waals surface area contributed by atoms with Crippen LogP contribution in [0.5, 0.6) is 0 Å². The molecule has 3 rings (SSSR count). The van der Waals surface area contributed by atoms with E-state index in [-0.39, 0.29) is 35.9 Å². The maximum absolute atomic E-state index is 11.8. The van der Waals surface area contributed by atoms with Gasteiger partial charge < -0.3 is 20.9 Å². The number of rotatable bonds is 8. The highest BCUT2D eigenvalue weighted by molar-refractivity contribution is 14.0. The van der Waals surface area contributed by atoms with Gasteiger partial charge in [-0.3, -0.25) is 9.79 Å². The van der Waals surface area contributed by atoms with Gasteiger partial charge in [-0.05, 0) is 68.5 Å². The molecule has 0 aromatic heterocycles. The molecule has 1 aliphatic rings. The summed E-state index contributed by atoms with van der Waals surface area (Å²) < 4.78 is 0. The minimum Gasteiger partial charge on any atom is -0.372 e. The summed E-state index contributed by atoms with van der Waals surface area (Å²) >= 11 is 0. The molecule has 2 aromatic rings. The van der Waals surface area contributed by atoms with E-state index in [1.807, 2.05) is 24.3 Å². The first-order valence-corrected chi connectivity index (χ1v) is 11.3. The van der Waals surface area contributed by atoms with Gasteiger partial charge in [0.05, 0.1) is 6.04 Å². The molecular weight excluding hydrogens is 513 g/mol. The van der Waals surface area contributed by atoms with Crippen LogP contribution >= 0.6 is 24.0 Å². The molecule has 1 unspecified atom stereocenters. The third kappa shape index (κ3) is 7.39. The number of amides is 1. The predicted octanol–water partition coefficient (Wildman–Crippen LogP) is 4.12. The first kappa shape index (κ1) is 26.0. The zero-order chi connectivity index (χ0) is 22.1. The fraction of sp³-hybridized carbons (Fsp3) is 0.440. The molecule has 7 heteroatoms. The van der Waals surface area contributed by atoms with Crippen molar-refractivity contribution in [2.24, 2.45) is 4.99 Å². The molecule has 1 atom stereocenters. The lowest BCUT2D eigenvalue weighted by Gasteiger charge is -2.22. The highest BCUT2D eigenvalue weighted by Crippen LogP contribution is 2.23. The molecule has 0 radical (unpaired) electrons. The summed E-state index contributed by atoms with van der Waals surface area (Å²) in [6.45, 7) is 7.99. The van der Waals surface area contributed by atoms with Crippen molar-refractivity contribution in [2.75, 3.05) is 38.1 Å². The van der Waals surface area contributed by atoms with Crippen LogP contribution in [-0.4, -0.2) is 45.1 Å². The highest BCUT2D eigenvalue weighted by Gasteiger charge is 2.14. The lowest BCUT2D eigenvalue weighted by atomic mass is 10.1. The Balaban J connectivity index is 0.00000363. The van der Waals surface area contributed by atoms with Gasteiger partial charge in [0, 0.05) is 44.5 Å². The molecule has 32 heavy (non-hydrogen) atoms. The largest absolute Gasteiger partial charge is 0.372 e. The molecule has 6 nitrogen and oxygen atoms in total. The Hall–Kier alpha value is -2.29. The summed E-state index contributed by atoms with van der Waals surface area (Å²) in [7, 11) is 1.65. The minimum absolute atomic E-state index is 0. The average Bonchev–Trinajstić information content (AvgIpc) is 3.34. The van der Waals surface area contributed by atoms with Crippen LogP contribution in [0.3, 0.4) is 0 Å². The monoisotopic (exact) mass is 549 g/mol. The standard InChI is InChI=1S/C25H35N5O.HI/c1-4-27-25(28-14-13-20-9-7-11-22(17-20)24(31)26-3)29-19(2)21-10-8-12-23(18-21)30-15-5-6-16-30;/h7-12,17-19H,4-6,13-16H2,1-3H3,(H,26,31)(H2,27,28,29);1H. The van der Waals surface area contributed by atoms with E-state index >= 15 is 0 Å². The third-order valence-corrected chi connectivity index (χ3v) is 5.63. The van der Waals surface area contributed by atoms with E-state index in [1.165, 1.54) is 24.1 Å². The molecule has 0 spiro atoms. The van der Waals surface area contributed by atoms with E-state index in [4.69, 9.17) is 4.99 Å². The van der Waals surface area contributed by atoms with Crippen molar-refractivity contribution >= 4 is 41.5 Å². The molecular formula is C25H36IN5O. The van der Waals surface area contributed by atoms with Gasteiger partial charge in [0.2, 0.25) is 0 Å². The number of nitrogens with one attached hydrogen (secondary N) is 3. The van der Waals surface area contributed by atoms with E-state index in [0.717, 1.165) is 37.6 Å². The number of benzene rings is 2. The van der Waals surface area contributed by atoms with Gasteiger partial charge in [-0.25, -0.2) is 0 Å². The molecule has 1 amide bonds. The fourth-order valence-electron chi connectivity index (χ4n) is 3.88. The van der Waals surface area contributed by atoms with Crippen molar-refractivity contribution in [1.82, 2.24) is 16.0 Å². The Morgan fingerprint density at radius 2 is 1.88 bits per heavy atom. The minimum atomic E-state index is -0.0645. The molecule has 0 saturated carbocycles.